The summed E-state index contributed by atoms with van der Waals surface area (Å²) in [6.07, 6.45) is 11.9. The second-order valence-electron chi connectivity index (χ2n) is 10.7. The Bertz CT molecular complexity index is 1150. The maximum Gasteiger partial charge on any atom is 0.231 e. The minimum absolute atomic E-state index is 0.0979. The molecule has 5 aliphatic rings. The first-order valence-electron chi connectivity index (χ1n) is 13.6. The van der Waals surface area contributed by atoms with E-state index in [2.05, 4.69) is 28.4 Å². The van der Waals surface area contributed by atoms with Crippen LogP contribution in [0.15, 0.2) is 53.1 Å². The predicted molar refractivity (Wildman–Crippen MR) is 138 cm³/mol. The number of likely N-dealkylation sites (tertiary alicyclic amines) is 1. The number of ether oxygens (including phenoxy) is 2. The first kappa shape index (κ1) is 23.4. The third-order valence-electron chi connectivity index (χ3n) is 8.29. The number of hydrogen-bond acceptors (Lipinski definition) is 5. The number of amides is 1. The molecule has 0 bridgehead atoms. The lowest BCUT2D eigenvalue weighted by Crippen LogP contribution is -2.39. The van der Waals surface area contributed by atoms with Crippen LogP contribution < -0.4 is 14.8 Å². The van der Waals surface area contributed by atoms with Gasteiger partial charge >= 0.3 is 0 Å². The van der Waals surface area contributed by atoms with E-state index >= 15 is 0 Å². The molecule has 1 atom stereocenters. The van der Waals surface area contributed by atoms with E-state index in [0.29, 0.717) is 18.5 Å². The van der Waals surface area contributed by atoms with Gasteiger partial charge in [-0.2, -0.15) is 0 Å². The van der Waals surface area contributed by atoms with Crippen LogP contribution in [-0.2, 0) is 11.2 Å². The van der Waals surface area contributed by atoms with E-state index in [0.717, 1.165) is 48.1 Å². The van der Waals surface area contributed by atoms with Gasteiger partial charge in [-0.25, -0.2) is 0 Å². The lowest BCUT2D eigenvalue weighted by atomic mass is 9.83. The highest BCUT2D eigenvalue weighted by Crippen LogP contribution is 2.36. The van der Waals surface area contributed by atoms with Crippen LogP contribution in [0.2, 0.25) is 0 Å². The van der Waals surface area contributed by atoms with Crippen LogP contribution in [0.1, 0.15) is 68.5 Å². The fourth-order valence-electron chi connectivity index (χ4n) is 6.26. The summed E-state index contributed by atoms with van der Waals surface area (Å²) >= 11 is 0. The van der Waals surface area contributed by atoms with Crippen LogP contribution in [0.3, 0.4) is 0 Å². The standard InChI is InChI=1S/C30H36N2O4/c33-30(17-22-9-12-28-29(16-22)36-20-35-28)31-25-10-7-21(8-11-25)13-15-32-14-2-1-5-26(32)24-18-23-4-3-6-27(23)34-19-24/h3-4,6,9,12,16,18-19,21,25-26H,1-2,5,7-8,10-11,13-15,17,20H2,(H,31,33)/t21-,25-,26?. The summed E-state index contributed by atoms with van der Waals surface area (Å²) in [6.45, 7) is 2.58. The van der Waals surface area contributed by atoms with Crippen LogP contribution in [0.4, 0.5) is 0 Å². The molecule has 2 fully saturated rings. The second kappa shape index (κ2) is 10.6. The van der Waals surface area contributed by atoms with E-state index in [1.165, 1.54) is 56.2 Å². The smallest absolute Gasteiger partial charge is 0.231 e. The summed E-state index contributed by atoms with van der Waals surface area (Å²) in [5.74, 6) is 3.31. The van der Waals surface area contributed by atoms with Crippen molar-refractivity contribution in [2.45, 2.75) is 69.9 Å². The first-order valence-corrected chi connectivity index (χ1v) is 13.6. The summed E-state index contributed by atoms with van der Waals surface area (Å²) in [7, 11) is 0. The fraction of sp³-hybridized carbons (Fsp3) is 0.500. The Hall–Kier alpha value is -2.99. The highest BCUT2D eigenvalue weighted by molar-refractivity contribution is 5.79. The molecule has 1 amide bonds. The molecule has 6 rings (SSSR count). The zero-order valence-electron chi connectivity index (χ0n) is 20.9. The zero-order valence-corrected chi connectivity index (χ0v) is 20.9. The molecule has 1 saturated carbocycles. The number of fused-ring (bicyclic) bond motifs is 2. The summed E-state index contributed by atoms with van der Waals surface area (Å²) in [5.41, 5.74) is 3.49. The number of benzene rings is 1. The molecule has 1 N–H and O–H groups in total. The average Bonchev–Trinajstić information content (AvgIpc) is 3.57. The molecule has 1 aromatic rings. The van der Waals surface area contributed by atoms with Crippen molar-refractivity contribution >= 4 is 5.91 Å². The lowest BCUT2D eigenvalue weighted by Gasteiger charge is -2.37. The molecule has 1 unspecified atom stereocenters. The van der Waals surface area contributed by atoms with Gasteiger partial charge in [0, 0.05) is 23.2 Å². The van der Waals surface area contributed by atoms with E-state index in [-0.39, 0.29) is 12.7 Å². The number of piperidine rings is 1. The largest absolute Gasteiger partial charge is 0.464 e. The van der Waals surface area contributed by atoms with Crippen molar-refractivity contribution in [3.8, 4) is 22.8 Å². The van der Waals surface area contributed by atoms with E-state index in [9.17, 15) is 4.79 Å². The van der Waals surface area contributed by atoms with Gasteiger partial charge in [0.15, 0.2) is 11.5 Å². The normalized spacial score (nSPS) is 24.2. The van der Waals surface area contributed by atoms with Crippen molar-refractivity contribution < 1.29 is 18.7 Å². The van der Waals surface area contributed by atoms with Gasteiger partial charge in [-0.3, -0.25) is 9.69 Å². The van der Waals surface area contributed by atoms with Gasteiger partial charge in [-0.05, 0) is 93.8 Å². The van der Waals surface area contributed by atoms with Gasteiger partial charge < -0.3 is 19.2 Å². The van der Waals surface area contributed by atoms with Crippen LogP contribution in [-0.4, -0.2) is 36.7 Å². The summed E-state index contributed by atoms with van der Waals surface area (Å²) in [4.78, 5) is 15.3. The van der Waals surface area contributed by atoms with Crippen LogP contribution >= 0.6 is 0 Å². The van der Waals surface area contributed by atoms with E-state index < -0.39 is 0 Å². The van der Waals surface area contributed by atoms with Crippen molar-refractivity contribution in [2.75, 3.05) is 19.9 Å². The quantitative estimate of drug-likeness (QED) is 0.445. The molecule has 1 aromatic carbocycles. The predicted octanol–water partition coefficient (Wildman–Crippen LogP) is 5.95. The van der Waals surface area contributed by atoms with E-state index in [4.69, 9.17) is 13.9 Å². The number of rotatable bonds is 7. The zero-order chi connectivity index (χ0) is 24.3. The SMILES string of the molecule is O=C(Cc1ccc2c(c1)OCO2)N[C@H]1CC[C@H](CCN2CCCCC2c2coc3cccc-3c2)CC1. The van der Waals surface area contributed by atoms with Gasteiger partial charge in [-0.15, -0.1) is 0 Å². The molecular formula is C30H36N2O4. The molecule has 0 aromatic heterocycles. The third kappa shape index (κ3) is 5.24. The fourth-order valence-corrected chi connectivity index (χ4v) is 6.26. The van der Waals surface area contributed by atoms with Crippen LogP contribution in [0.5, 0.6) is 11.5 Å². The number of nitrogens with one attached hydrogen (secondary N) is 1. The molecule has 3 aliphatic heterocycles. The van der Waals surface area contributed by atoms with E-state index in [1.54, 1.807) is 0 Å². The summed E-state index contributed by atoms with van der Waals surface area (Å²) in [5, 5.41) is 3.27. The molecule has 3 heterocycles. The minimum atomic E-state index is 0.0979. The number of carbonyl (C=O) groups excluding carboxylic acids is 1. The Kier molecular flexibility index (Phi) is 6.86. The number of nitrogens with zero attached hydrogens (tertiary/aromatic N) is 1. The maximum atomic E-state index is 12.6. The topological polar surface area (TPSA) is 63.9 Å². The molecule has 0 spiro atoms. The molecule has 1 saturated heterocycles. The highest BCUT2D eigenvalue weighted by atomic mass is 16.7. The molecule has 2 aliphatic carbocycles. The van der Waals surface area contributed by atoms with Gasteiger partial charge in [0.2, 0.25) is 12.7 Å². The maximum absolute atomic E-state index is 12.6. The van der Waals surface area contributed by atoms with Gasteiger partial charge in [0.25, 0.3) is 0 Å². The molecule has 6 heteroatoms. The molecule has 6 nitrogen and oxygen atoms in total. The second-order valence-corrected chi connectivity index (χ2v) is 10.7. The first-order chi connectivity index (χ1) is 17.7. The van der Waals surface area contributed by atoms with Crippen molar-refractivity contribution in [3.63, 3.8) is 0 Å². The minimum Gasteiger partial charge on any atom is -0.464 e. The number of hydrogen-bond donors (Lipinski definition) is 1. The average molecular weight is 489 g/mol. The molecule has 190 valence electrons. The van der Waals surface area contributed by atoms with Crippen LogP contribution in [0.25, 0.3) is 11.3 Å². The number of carbonyl (C=O) groups is 1. The van der Waals surface area contributed by atoms with Crippen molar-refractivity contribution in [3.05, 3.63) is 59.9 Å². The van der Waals surface area contributed by atoms with Crippen molar-refractivity contribution in [1.82, 2.24) is 10.2 Å². The molecule has 36 heavy (non-hydrogen) atoms. The molecular weight excluding hydrogens is 452 g/mol. The van der Waals surface area contributed by atoms with Gasteiger partial charge in [-0.1, -0.05) is 24.6 Å². The summed E-state index contributed by atoms with van der Waals surface area (Å²) in [6, 6.07) is 15.1. The Morgan fingerprint density at radius 2 is 1.86 bits per heavy atom. The van der Waals surface area contributed by atoms with Gasteiger partial charge in [0.05, 0.1) is 12.7 Å². The van der Waals surface area contributed by atoms with Gasteiger partial charge in [0.1, 0.15) is 5.76 Å². The summed E-state index contributed by atoms with van der Waals surface area (Å²) < 4.78 is 16.7. The Labute approximate surface area is 213 Å². The van der Waals surface area contributed by atoms with E-state index in [1.807, 2.05) is 30.5 Å². The Balaban J connectivity index is 0.965. The third-order valence-corrected chi connectivity index (χ3v) is 8.29. The monoisotopic (exact) mass is 488 g/mol. The van der Waals surface area contributed by atoms with Crippen molar-refractivity contribution in [1.29, 1.82) is 0 Å². The highest BCUT2D eigenvalue weighted by Gasteiger charge is 2.28. The van der Waals surface area contributed by atoms with Crippen LogP contribution in [0, 0.1) is 5.92 Å². The Morgan fingerprint density at radius 1 is 0.972 bits per heavy atom. The lowest BCUT2D eigenvalue weighted by molar-refractivity contribution is -0.121. The Morgan fingerprint density at radius 3 is 2.78 bits per heavy atom. The molecule has 0 radical (unpaired) electrons. The van der Waals surface area contributed by atoms with Crippen molar-refractivity contribution in [2.24, 2.45) is 5.92 Å².